The lowest BCUT2D eigenvalue weighted by molar-refractivity contribution is 0.0703. The minimum absolute atomic E-state index is 0.0552. The summed E-state index contributed by atoms with van der Waals surface area (Å²) in [4.78, 5) is 14.9. The van der Waals surface area contributed by atoms with E-state index >= 15 is 0 Å². The van der Waals surface area contributed by atoms with Crippen molar-refractivity contribution in [1.29, 1.82) is 0 Å². The molecule has 2 aliphatic heterocycles. The van der Waals surface area contributed by atoms with Crippen molar-refractivity contribution in [3.8, 4) is 22.8 Å². The zero-order valence-electron chi connectivity index (χ0n) is 15.8. The van der Waals surface area contributed by atoms with E-state index in [0.29, 0.717) is 36.8 Å². The molecule has 1 atom stereocenters. The standard InChI is InChI=1S/C23H20FNO4/c24-17-5-2-1-4-16(17)19-9-10-21(29-19)23(26)25-11-3-6-18(25)15-7-8-20-22(14-15)28-13-12-27-20/h1-2,4-5,7-10,14,18H,3,6,11-13H2. The molecule has 3 aromatic rings. The molecule has 0 saturated carbocycles. The monoisotopic (exact) mass is 393 g/mol. The maximum absolute atomic E-state index is 14.0. The minimum Gasteiger partial charge on any atom is -0.486 e. The Kier molecular flexibility index (Phi) is 4.46. The van der Waals surface area contributed by atoms with E-state index in [1.807, 2.05) is 23.1 Å². The molecule has 1 saturated heterocycles. The van der Waals surface area contributed by atoms with Gasteiger partial charge in [-0.25, -0.2) is 4.39 Å². The van der Waals surface area contributed by atoms with Crippen LogP contribution in [0.5, 0.6) is 11.5 Å². The number of hydrogen-bond donors (Lipinski definition) is 0. The van der Waals surface area contributed by atoms with Gasteiger partial charge in [-0.3, -0.25) is 4.79 Å². The molecule has 2 aromatic carbocycles. The predicted molar refractivity (Wildman–Crippen MR) is 105 cm³/mol. The maximum atomic E-state index is 14.0. The lowest BCUT2D eigenvalue weighted by Crippen LogP contribution is -2.30. The molecule has 5 nitrogen and oxygen atoms in total. The Morgan fingerprint density at radius 1 is 1.00 bits per heavy atom. The van der Waals surface area contributed by atoms with Crippen molar-refractivity contribution < 1.29 is 23.1 Å². The largest absolute Gasteiger partial charge is 0.486 e. The van der Waals surface area contributed by atoms with Crippen LogP contribution in [-0.2, 0) is 0 Å². The van der Waals surface area contributed by atoms with Crippen LogP contribution in [0.1, 0.15) is 35.0 Å². The molecule has 148 valence electrons. The number of likely N-dealkylation sites (tertiary alicyclic amines) is 1. The predicted octanol–water partition coefficient (Wildman–Crippen LogP) is 4.83. The molecule has 1 fully saturated rings. The molecule has 3 heterocycles. The second kappa shape index (κ2) is 7.28. The quantitative estimate of drug-likeness (QED) is 0.639. The Morgan fingerprint density at radius 3 is 2.69 bits per heavy atom. The van der Waals surface area contributed by atoms with Gasteiger partial charge in [0.05, 0.1) is 11.6 Å². The van der Waals surface area contributed by atoms with Crippen molar-refractivity contribution in [2.45, 2.75) is 18.9 Å². The van der Waals surface area contributed by atoms with Crippen molar-refractivity contribution in [1.82, 2.24) is 4.90 Å². The van der Waals surface area contributed by atoms with E-state index in [2.05, 4.69) is 0 Å². The summed E-state index contributed by atoms with van der Waals surface area (Å²) in [6.07, 6.45) is 1.78. The van der Waals surface area contributed by atoms with Crippen LogP contribution < -0.4 is 9.47 Å². The van der Waals surface area contributed by atoms with E-state index in [1.165, 1.54) is 6.07 Å². The molecule has 5 rings (SSSR count). The van der Waals surface area contributed by atoms with E-state index in [1.54, 1.807) is 30.3 Å². The molecular weight excluding hydrogens is 373 g/mol. The van der Waals surface area contributed by atoms with Gasteiger partial charge < -0.3 is 18.8 Å². The zero-order chi connectivity index (χ0) is 19.8. The third-order valence-corrected chi connectivity index (χ3v) is 5.42. The van der Waals surface area contributed by atoms with E-state index in [0.717, 1.165) is 24.2 Å². The molecular formula is C23H20FNO4. The van der Waals surface area contributed by atoms with Gasteiger partial charge in [0.1, 0.15) is 24.8 Å². The third kappa shape index (κ3) is 3.24. The number of furan rings is 1. The molecule has 6 heteroatoms. The highest BCUT2D eigenvalue weighted by atomic mass is 19.1. The smallest absolute Gasteiger partial charge is 0.290 e. The highest BCUT2D eigenvalue weighted by molar-refractivity contribution is 5.92. The molecule has 0 N–H and O–H groups in total. The average molecular weight is 393 g/mol. The van der Waals surface area contributed by atoms with Crippen molar-refractivity contribution in [3.05, 3.63) is 71.7 Å². The first-order valence-corrected chi connectivity index (χ1v) is 9.76. The number of fused-ring (bicyclic) bond motifs is 1. The maximum Gasteiger partial charge on any atom is 0.290 e. The highest BCUT2D eigenvalue weighted by Crippen LogP contribution is 2.39. The lowest BCUT2D eigenvalue weighted by Gasteiger charge is -2.26. The van der Waals surface area contributed by atoms with Gasteiger partial charge in [0.2, 0.25) is 0 Å². The fourth-order valence-electron chi connectivity index (χ4n) is 4.02. The van der Waals surface area contributed by atoms with Crippen LogP contribution in [0.15, 0.2) is 59.0 Å². The second-order valence-electron chi connectivity index (χ2n) is 7.20. The number of amides is 1. The van der Waals surface area contributed by atoms with Crippen LogP contribution in [0.3, 0.4) is 0 Å². The fraction of sp³-hybridized carbons (Fsp3) is 0.261. The molecule has 0 bridgehead atoms. The number of nitrogens with zero attached hydrogens (tertiary/aromatic N) is 1. The number of benzene rings is 2. The SMILES string of the molecule is O=C(c1ccc(-c2ccccc2F)o1)N1CCCC1c1ccc2c(c1)OCCO2. The summed E-state index contributed by atoms with van der Waals surface area (Å²) in [6.45, 7) is 1.71. The first-order chi connectivity index (χ1) is 14.2. The summed E-state index contributed by atoms with van der Waals surface area (Å²) >= 11 is 0. The summed E-state index contributed by atoms with van der Waals surface area (Å²) in [5, 5.41) is 0. The van der Waals surface area contributed by atoms with E-state index in [9.17, 15) is 9.18 Å². The number of hydrogen-bond acceptors (Lipinski definition) is 4. The topological polar surface area (TPSA) is 51.9 Å². The first-order valence-electron chi connectivity index (χ1n) is 9.76. The van der Waals surface area contributed by atoms with Crippen LogP contribution in [0.4, 0.5) is 4.39 Å². The van der Waals surface area contributed by atoms with Gasteiger partial charge in [-0.05, 0) is 54.8 Å². The highest BCUT2D eigenvalue weighted by Gasteiger charge is 2.33. The van der Waals surface area contributed by atoms with Crippen molar-refractivity contribution in [2.75, 3.05) is 19.8 Å². The molecule has 1 aromatic heterocycles. The summed E-state index contributed by atoms with van der Waals surface area (Å²) in [5.41, 5.74) is 1.36. The van der Waals surface area contributed by atoms with Crippen LogP contribution in [-0.4, -0.2) is 30.6 Å². The minimum atomic E-state index is -0.379. The Bertz CT molecular complexity index is 1060. The second-order valence-corrected chi connectivity index (χ2v) is 7.20. The van der Waals surface area contributed by atoms with Crippen molar-refractivity contribution in [2.24, 2.45) is 0 Å². The third-order valence-electron chi connectivity index (χ3n) is 5.42. The van der Waals surface area contributed by atoms with Crippen molar-refractivity contribution in [3.63, 3.8) is 0 Å². The molecule has 0 spiro atoms. The first kappa shape index (κ1) is 17.8. The Hall–Kier alpha value is -3.28. The summed E-state index contributed by atoms with van der Waals surface area (Å²) < 4.78 is 31.0. The molecule has 29 heavy (non-hydrogen) atoms. The zero-order valence-corrected chi connectivity index (χ0v) is 15.8. The lowest BCUT2D eigenvalue weighted by atomic mass is 10.0. The molecule has 0 aliphatic carbocycles. The van der Waals surface area contributed by atoms with Gasteiger partial charge in [-0.2, -0.15) is 0 Å². The summed E-state index contributed by atoms with van der Waals surface area (Å²) in [6, 6.07) is 15.4. The normalized spacial score (nSPS) is 18.1. The van der Waals surface area contributed by atoms with Gasteiger partial charge in [0.25, 0.3) is 5.91 Å². The van der Waals surface area contributed by atoms with Crippen LogP contribution >= 0.6 is 0 Å². The molecule has 1 unspecified atom stereocenters. The van der Waals surface area contributed by atoms with E-state index < -0.39 is 0 Å². The molecule has 0 radical (unpaired) electrons. The molecule has 1 amide bonds. The number of rotatable bonds is 3. The Balaban J connectivity index is 1.40. The van der Waals surface area contributed by atoms with Crippen LogP contribution in [0, 0.1) is 5.82 Å². The van der Waals surface area contributed by atoms with Gasteiger partial charge in [0, 0.05) is 6.54 Å². The van der Waals surface area contributed by atoms with Gasteiger partial charge in [-0.15, -0.1) is 0 Å². The van der Waals surface area contributed by atoms with E-state index in [-0.39, 0.29) is 23.5 Å². The fourth-order valence-corrected chi connectivity index (χ4v) is 4.02. The number of carbonyl (C=O) groups excluding carboxylic acids is 1. The number of ether oxygens (including phenoxy) is 2. The van der Waals surface area contributed by atoms with Gasteiger partial charge >= 0.3 is 0 Å². The summed E-state index contributed by atoms with van der Waals surface area (Å²) in [7, 11) is 0. The van der Waals surface area contributed by atoms with Crippen molar-refractivity contribution >= 4 is 5.91 Å². The Morgan fingerprint density at radius 2 is 1.83 bits per heavy atom. The number of carbonyl (C=O) groups is 1. The molecule has 2 aliphatic rings. The number of halogens is 1. The Labute approximate surface area is 167 Å². The van der Waals surface area contributed by atoms with Crippen LogP contribution in [0.25, 0.3) is 11.3 Å². The van der Waals surface area contributed by atoms with Gasteiger partial charge in [-0.1, -0.05) is 18.2 Å². The van der Waals surface area contributed by atoms with Gasteiger partial charge in [0.15, 0.2) is 17.3 Å². The average Bonchev–Trinajstić information content (AvgIpc) is 3.43. The van der Waals surface area contributed by atoms with E-state index in [4.69, 9.17) is 13.9 Å². The summed E-state index contributed by atoms with van der Waals surface area (Å²) in [5.74, 6) is 1.44. The van der Waals surface area contributed by atoms with Crippen LogP contribution in [0.2, 0.25) is 0 Å².